The lowest BCUT2D eigenvalue weighted by atomic mass is 9.89. The molecule has 0 amide bonds. The van der Waals surface area contributed by atoms with Crippen LogP contribution < -0.4 is 0 Å². The molecule has 35 heavy (non-hydrogen) atoms. The van der Waals surface area contributed by atoms with E-state index in [2.05, 4.69) is 126 Å². The maximum Gasteiger partial charge on any atom is 0.0705 e. The van der Waals surface area contributed by atoms with Crippen LogP contribution in [-0.2, 0) is 6.42 Å². The number of benzene rings is 2. The summed E-state index contributed by atoms with van der Waals surface area (Å²) in [5.41, 5.74) is 9.21. The zero-order valence-electron chi connectivity index (χ0n) is 22.0. The van der Waals surface area contributed by atoms with E-state index in [1.807, 2.05) is 0 Å². The second-order valence-corrected chi connectivity index (χ2v) is 10.5. The average molecular weight is 463 g/mol. The van der Waals surface area contributed by atoms with E-state index in [0.717, 1.165) is 22.8 Å². The van der Waals surface area contributed by atoms with Gasteiger partial charge in [-0.15, -0.1) is 0 Å². The Labute approximate surface area is 211 Å². The molecule has 0 bridgehead atoms. The van der Waals surface area contributed by atoms with Gasteiger partial charge in [-0.3, -0.25) is 9.97 Å². The van der Waals surface area contributed by atoms with Crippen LogP contribution in [0.5, 0.6) is 0 Å². The quantitative estimate of drug-likeness (QED) is 0.261. The van der Waals surface area contributed by atoms with Gasteiger partial charge in [-0.1, -0.05) is 90.1 Å². The number of rotatable bonds is 8. The van der Waals surface area contributed by atoms with Crippen molar-refractivity contribution < 1.29 is 0 Å². The summed E-state index contributed by atoms with van der Waals surface area (Å²) in [4.78, 5) is 10.0. The lowest BCUT2D eigenvalue weighted by Gasteiger charge is -2.17. The molecule has 2 unspecified atom stereocenters. The molecule has 0 radical (unpaired) electrons. The molecule has 180 valence electrons. The monoisotopic (exact) mass is 462 g/mol. The van der Waals surface area contributed by atoms with Crippen LogP contribution >= 0.6 is 0 Å². The molecule has 2 atom stereocenters. The van der Waals surface area contributed by atoms with Crippen molar-refractivity contribution in [2.45, 2.75) is 59.8 Å². The number of pyridine rings is 2. The van der Waals surface area contributed by atoms with Crippen molar-refractivity contribution in [3.05, 3.63) is 107 Å². The molecule has 0 spiro atoms. The first-order chi connectivity index (χ1) is 16.8. The largest absolute Gasteiger partial charge is 0.252 e. The summed E-state index contributed by atoms with van der Waals surface area (Å²) in [7, 11) is 0. The Balaban J connectivity index is 1.57. The highest BCUT2D eigenvalue weighted by Gasteiger charge is 2.13. The van der Waals surface area contributed by atoms with Crippen molar-refractivity contribution in [3.8, 4) is 22.5 Å². The third-order valence-corrected chi connectivity index (χ3v) is 7.39. The van der Waals surface area contributed by atoms with Gasteiger partial charge in [-0.2, -0.15) is 0 Å². The van der Waals surface area contributed by atoms with Gasteiger partial charge in [0.2, 0.25) is 0 Å². The van der Waals surface area contributed by atoms with Crippen LogP contribution in [0.1, 0.15) is 75.9 Å². The van der Waals surface area contributed by atoms with Crippen LogP contribution in [0.15, 0.2) is 84.9 Å². The second kappa shape index (κ2) is 11.0. The molecule has 0 saturated carbocycles. The molecule has 0 aliphatic carbocycles. The fourth-order valence-corrected chi connectivity index (χ4v) is 4.40. The maximum absolute atomic E-state index is 5.00. The predicted octanol–water partition coefficient (Wildman–Crippen LogP) is 8.92. The van der Waals surface area contributed by atoms with E-state index in [0.29, 0.717) is 30.1 Å². The zero-order valence-corrected chi connectivity index (χ0v) is 22.0. The van der Waals surface area contributed by atoms with Gasteiger partial charge in [-0.05, 0) is 71.2 Å². The zero-order chi connectivity index (χ0) is 24.9. The summed E-state index contributed by atoms with van der Waals surface area (Å²) >= 11 is 0. The van der Waals surface area contributed by atoms with Gasteiger partial charge in [0.05, 0.1) is 11.4 Å². The molecule has 2 nitrogen and oxygen atoms in total. The van der Waals surface area contributed by atoms with Gasteiger partial charge in [-0.25, -0.2) is 0 Å². The molecule has 0 saturated heterocycles. The molecule has 4 aromatic rings. The smallest absolute Gasteiger partial charge is 0.0705 e. The second-order valence-electron chi connectivity index (χ2n) is 10.5. The molecule has 0 aliphatic heterocycles. The van der Waals surface area contributed by atoms with E-state index >= 15 is 0 Å². The van der Waals surface area contributed by atoms with E-state index < -0.39 is 0 Å². The lowest BCUT2D eigenvalue weighted by Crippen LogP contribution is -2.02. The fourth-order valence-electron chi connectivity index (χ4n) is 4.40. The van der Waals surface area contributed by atoms with Gasteiger partial charge < -0.3 is 0 Å². The highest BCUT2D eigenvalue weighted by atomic mass is 14.7. The van der Waals surface area contributed by atoms with Gasteiger partial charge >= 0.3 is 0 Å². The first-order valence-corrected chi connectivity index (χ1v) is 12.9. The highest BCUT2D eigenvalue weighted by molar-refractivity contribution is 5.61. The summed E-state index contributed by atoms with van der Waals surface area (Å²) in [5, 5.41) is 0. The number of hydrogen-bond donors (Lipinski definition) is 0. The van der Waals surface area contributed by atoms with Crippen LogP contribution in [0.25, 0.3) is 22.5 Å². The summed E-state index contributed by atoms with van der Waals surface area (Å²) < 4.78 is 0. The SMILES string of the molecule is CC(C)C(C)c1cccc(-c2cccc(Cc3cccc(-c4cccc(C(C)C(C)C)c4)n3)n2)c1. The van der Waals surface area contributed by atoms with Crippen LogP contribution in [0, 0.1) is 11.8 Å². The first kappa shape index (κ1) is 24.9. The van der Waals surface area contributed by atoms with Gasteiger partial charge in [0, 0.05) is 28.9 Å². The van der Waals surface area contributed by atoms with Gasteiger partial charge in [0.1, 0.15) is 0 Å². The van der Waals surface area contributed by atoms with Crippen LogP contribution in [0.2, 0.25) is 0 Å². The van der Waals surface area contributed by atoms with Gasteiger partial charge in [0.25, 0.3) is 0 Å². The van der Waals surface area contributed by atoms with Gasteiger partial charge in [0.15, 0.2) is 0 Å². The number of aromatic nitrogens is 2. The van der Waals surface area contributed by atoms with Crippen molar-refractivity contribution in [2.75, 3.05) is 0 Å². The van der Waals surface area contributed by atoms with E-state index in [1.54, 1.807) is 0 Å². The van der Waals surface area contributed by atoms with Crippen molar-refractivity contribution in [1.29, 1.82) is 0 Å². The summed E-state index contributed by atoms with van der Waals surface area (Å²) in [6.07, 6.45) is 0.714. The minimum atomic E-state index is 0.520. The van der Waals surface area contributed by atoms with E-state index in [4.69, 9.17) is 9.97 Å². The Morgan fingerprint density at radius 2 is 0.914 bits per heavy atom. The molecule has 4 rings (SSSR count). The molecule has 2 heterocycles. The molecule has 0 fully saturated rings. The summed E-state index contributed by atoms with van der Waals surface area (Å²) in [6.45, 7) is 13.7. The summed E-state index contributed by atoms with van der Waals surface area (Å²) in [5.74, 6) is 2.26. The number of hydrogen-bond acceptors (Lipinski definition) is 2. The molecular weight excluding hydrogens is 424 g/mol. The molecule has 2 heteroatoms. The van der Waals surface area contributed by atoms with Crippen molar-refractivity contribution in [1.82, 2.24) is 9.97 Å². The molecule has 0 aliphatic rings. The standard InChI is InChI=1S/C33H38N2/c1-22(2)24(5)26-11-7-13-28(19-26)32-17-9-15-30(34-32)21-31-16-10-18-33(35-31)29-14-8-12-27(20-29)25(6)23(3)4/h7-20,22-25H,21H2,1-6H3. The third kappa shape index (κ3) is 6.06. The first-order valence-electron chi connectivity index (χ1n) is 12.9. The topological polar surface area (TPSA) is 25.8 Å². The van der Waals surface area contributed by atoms with Crippen molar-refractivity contribution >= 4 is 0 Å². The average Bonchev–Trinajstić information content (AvgIpc) is 2.88. The third-order valence-electron chi connectivity index (χ3n) is 7.39. The normalized spacial score (nSPS) is 13.3. The Morgan fingerprint density at radius 1 is 0.514 bits per heavy atom. The number of nitrogens with zero attached hydrogens (tertiary/aromatic N) is 2. The van der Waals surface area contributed by atoms with Crippen molar-refractivity contribution in [3.63, 3.8) is 0 Å². The van der Waals surface area contributed by atoms with E-state index in [9.17, 15) is 0 Å². The van der Waals surface area contributed by atoms with Crippen LogP contribution in [0.4, 0.5) is 0 Å². The summed E-state index contributed by atoms with van der Waals surface area (Å²) in [6, 6.07) is 30.3. The van der Waals surface area contributed by atoms with Crippen LogP contribution in [0.3, 0.4) is 0 Å². The minimum Gasteiger partial charge on any atom is -0.252 e. The fraction of sp³-hybridized carbons (Fsp3) is 0.333. The van der Waals surface area contributed by atoms with Crippen LogP contribution in [-0.4, -0.2) is 9.97 Å². The minimum absolute atomic E-state index is 0.520. The predicted molar refractivity (Wildman–Crippen MR) is 149 cm³/mol. The van der Waals surface area contributed by atoms with E-state index in [-0.39, 0.29) is 0 Å². The Hall–Kier alpha value is -3.26. The Bertz CT molecular complexity index is 1170. The Kier molecular flexibility index (Phi) is 7.80. The van der Waals surface area contributed by atoms with Crippen molar-refractivity contribution in [2.24, 2.45) is 11.8 Å². The maximum atomic E-state index is 5.00. The molecule has 0 N–H and O–H groups in total. The lowest BCUT2D eigenvalue weighted by molar-refractivity contribution is 0.535. The Morgan fingerprint density at radius 3 is 1.31 bits per heavy atom. The van der Waals surface area contributed by atoms with E-state index in [1.165, 1.54) is 22.3 Å². The molecule has 2 aromatic heterocycles. The molecular formula is C33H38N2. The molecule has 2 aromatic carbocycles. The highest BCUT2D eigenvalue weighted by Crippen LogP contribution is 2.29.